The number of rotatable bonds is 2. The normalized spacial score (nSPS) is 18.3. The van der Waals surface area contributed by atoms with E-state index in [1.54, 1.807) is 0 Å². The quantitative estimate of drug-likeness (QED) is 0.863. The van der Waals surface area contributed by atoms with Crippen LogP contribution < -0.4 is 10.6 Å². The van der Waals surface area contributed by atoms with Gasteiger partial charge >= 0.3 is 0 Å². The van der Waals surface area contributed by atoms with Gasteiger partial charge in [-0.2, -0.15) is 10.5 Å². The van der Waals surface area contributed by atoms with Gasteiger partial charge in [0, 0.05) is 4.90 Å². The zero-order valence-electron chi connectivity index (χ0n) is 14.2. The summed E-state index contributed by atoms with van der Waals surface area (Å²) >= 11 is 1.53. The Kier molecular flexibility index (Phi) is 3.95. The second kappa shape index (κ2) is 6.29. The number of fused-ring (bicyclic) bond motifs is 3. The molecule has 4 nitrogen and oxygen atoms in total. The number of nitrogens with two attached hydrogens (primary N) is 1. The number of nitriles is 2. The summed E-state index contributed by atoms with van der Waals surface area (Å²) in [5.41, 5.74) is 10.5. The number of benzene rings is 2. The predicted molar refractivity (Wildman–Crippen MR) is 103 cm³/mol. The van der Waals surface area contributed by atoms with Gasteiger partial charge in [0.1, 0.15) is 10.9 Å². The van der Waals surface area contributed by atoms with E-state index >= 15 is 0 Å². The van der Waals surface area contributed by atoms with Gasteiger partial charge in [-0.3, -0.25) is 4.90 Å². The molecule has 2 heterocycles. The molecule has 126 valence electrons. The van der Waals surface area contributed by atoms with Gasteiger partial charge in [0.25, 0.3) is 0 Å². The van der Waals surface area contributed by atoms with Gasteiger partial charge in [-0.1, -0.05) is 55.1 Å². The van der Waals surface area contributed by atoms with Crippen molar-refractivity contribution in [3.63, 3.8) is 0 Å². The van der Waals surface area contributed by atoms with Crippen molar-refractivity contribution in [3.8, 4) is 12.1 Å². The molecule has 2 aromatic rings. The first-order valence-electron chi connectivity index (χ1n) is 8.39. The molecule has 0 aromatic heterocycles. The van der Waals surface area contributed by atoms with Crippen LogP contribution in [0.1, 0.15) is 24.0 Å². The zero-order chi connectivity index (χ0) is 18.3. The van der Waals surface area contributed by atoms with Crippen molar-refractivity contribution in [3.05, 3.63) is 81.7 Å². The number of hydrogen-bond donors (Lipinski definition) is 1. The molecule has 26 heavy (non-hydrogen) atoms. The number of hydrogen-bond acceptors (Lipinski definition) is 5. The molecule has 0 saturated heterocycles. The highest BCUT2D eigenvalue weighted by Crippen LogP contribution is 2.54. The third-order valence-electron chi connectivity index (χ3n) is 4.80. The largest absolute Gasteiger partial charge is 0.384 e. The van der Waals surface area contributed by atoms with E-state index in [4.69, 9.17) is 5.73 Å². The van der Waals surface area contributed by atoms with Crippen LogP contribution >= 0.6 is 11.8 Å². The summed E-state index contributed by atoms with van der Waals surface area (Å²) in [4.78, 5) is 2.88. The maximum atomic E-state index is 9.93. The van der Waals surface area contributed by atoms with Crippen LogP contribution in [0.2, 0.25) is 0 Å². The first-order valence-corrected chi connectivity index (χ1v) is 9.21. The van der Waals surface area contributed by atoms with Crippen molar-refractivity contribution in [2.45, 2.75) is 24.2 Å². The number of allylic oxidation sites excluding steroid dienone is 2. The Bertz CT molecular complexity index is 1030. The van der Waals surface area contributed by atoms with E-state index in [0.717, 1.165) is 27.6 Å². The van der Waals surface area contributed by atoms with E-state index in [0.29, 0.717) is 17.0 Å². The van der Waals surface area contributed by atoms with Crippen LogP contribution in [0.25, 0.3) is 0 Å². The summed E-state index contributed by atoms with van der Waals surface area (Å²) < 4.78 is 0. The Hall–Kier alpha value is -3.15. The summed E-state index contributed by atoms with van der Waals surface area (Å²) in [6.07, 6.45) is 0.944. The fourth-order valence-corrected chi connectivity index (χ4v) is 4.63. The van der Waals surface area contributed by atoms with Gasteiger partial charge in [-0.05, 0) is 29.7 Å². The lowest BCUT2D eigenvalue weighted by Gasteiger charge is -2.31. The third-order valence-corrected chi connectivity index (χ3v) is 5.96. The minimum atomic E-state index is -0.427. The Morgan fingerprint density at radius 1 is 1.04 bits per heavy atom. The standard InChI is InChI=1S/C21H16N4S/c1-2-13-7-9-14(10-8-13)19-15(11-22)20(24)25-17-5-3-4-6-18(17)26-21(25)16(19)12-23/h3-10,19H,2,24H2,1H3/t19-/m1/s1. The zero-order valence-corrected chi connectivity index (χ0v) is 15.0. The molecule has 0 fully saturated rings. The lowest BCUT2D eigenvalue weighted by atomic mass is 9.83. The Morgan fingerprint density at radius 3 is 2.38 bits per heavy atom. The van der Waals surface area contributed by atoms with Gasteiger partial charge in [0.2, 0.25) is 0 Å². The molecule has 0 saturated carbocycles. The van der Waals surface area contributed by atoms with Crippen LogP contribution in [0.5, 0.6) is 0 Å². The van der Waals surface area contributed by atoms with Crippen molar-refractivity contribution in [1.29, 1.82) is 10.5 Å². The average Bonchev–Trinajstić information content (AvgIpc) is 3.07. The van der Waals surface area contributed by atoms with Crippen molar-refractivity contribution in [2.24, 2.45) is 5.73 Å². The molecule has 1 atom stereocenters. The van der Waals surface area contributed by atoms with E-state index in [1.165, 1.54) is 17.3 Å². The molecule has 4 rings (SSSR count). The molecule has 2 aliphatic heterocycles. The Balaban J connectivity index is 1.92. The van der Waals surface area contributed by atoms with Gasteiger partial charge in [-0.15, -0.1) is 0 Å². The summed E-state index contributed by atoms with van der Waals surface area (Å²) in [6, 6.07) is 20.5. The van der Waals surface area contributed by atoms with Crippen LogP contribution in [-0.2, 0) is 6.42 Å². The average molecular weight is 356 g/mol. The minimum absolute atomic E-state index is 0.406. The summed E-state index contributed by atoms with van der Waals surface area (Å²) in [6.45, 7) is 2.10. The topological polar surface area (TPSA) is 76.8 Å². The van der Waals surface area contributed by atoms with E-state index in [2.05, 4.69) is 19.1 Å². The number of thioether (sulfide) groups is 1. The molecule has 0 amide bonds. The minimum Gasteiger partial charge on any atom is -0.384 e. The fourth-order valence-electron chi connectivity index (χ4n) is 3.45. The van der Waals surface area contributed by atoms with E-state index in [9.17, 15) is 10.5 Å². The first kappa shape index (κ1) is 16.3. The summed E-state index contributed by atoms with van der Waals surface area (Å²) in [5.74, 6) is -0.0208. The van der Waals surface area contributed by atoms with Gasteiger partial charge in [0.05, 0.1) is 34.9 Å². The first-order chi connectivity index (χ1) is 12.7. The lowest BCUT2D eigenvalue weighted by Crippen LogP contribution is -2.32. The number of nitrogens with zero attached hydrogens (tertiary/aromatic N) is 3. The van der Waals surface area contributed by atoms with Gasteiger partial charge in [-0.25, -0.2) is 0 Å². The van der Waals surface area contributed by atoms with Crippen molar-refractivity contribution in [2.75, 3.05) is 4.90 Å². The molecular weight excluding hydrogens is 340 g/mol. The van der Waals surface area contributed by atoms with Crippen LogP contribution in [0, 0.1) is 22.7 Å². The Labute approximate surface area is 156 Å². The molecule has 0 bridgehead atoms. The van der Waals surface area contributed by atoms with E-state index < -0.39 is 5.92 Å². The van der Waals surface area contributed by atoms with Crippen LogP contribution in [0.4, 0.5) is 5.69 Å². The SMILES string of the molecule is CCc1ccc([C@@H]2C(C#N)=C(N)N3C(=C2C#N)Sc2ccccc23)cc1. The highest BCUT2D eigenvalue weighted by Gasteiger charge is 2.40. The summed E-state index contributed by atoms with van der Waals surface area (Å²) in [5, 5.41) is 20.6. The molecule has 2 N–H and O–H groups in total. The van der Waals surface area contributed by atoms with Crippen molar-refractivity contribution < 1.29 is 0 Å². The maximum Gasteiger partial charge on any atom is 0.123 e. The smallest absolute Gasteiger partial charge is 0.123 e. The molecule has 0 radical (unpaired) electrons. The predicted octanol–water partition coefficient (Wildman–Crippen LogP) is 4.39. The van der Waals surface area contributed by atoms with Crippen LogP contribution in [-0.4, -0.2) is 0 Å². The van der Waals surface area contributed by atoms with Crippen LogP contribution in [0.3, 0.4) is 0 Å². The highest BCUT2D eigenvalue weighted by atomic mass is 32.2. The maximum absolute atomic E-state index is 9.93. The molecular formula is C21H16N4S. The highest BCUT2D eigenvalue weighted by molar-refractivity contribution is 8.03. The fraction of sp³-hybridized carbons (Fsp3) is 0.143. The molecule has 5 heteroatoms. The van der Waals surface area contributed by atoms with Crippen molar-refractivity contribution in [1.82, 2.24) is 0 Å². The Morgan fingerprint density at radius 2 is 1.73 bits per heavy atom. The number of aryl methyl sites for hydroxylation is 1. The van der Waals surface area contributed by atoms with Crippen molar-refractivity contribution >= 4 is 17.4 Å². The molecule has 0 spiro atoms. The van der Waals surface area contributed by atoms with Crippen LogP contribution in [0.15, 0.2) is 75.4 Å². The van der Waals surface area contributed by atoms with Gasteiger partial charge in [0.15, 0.2) is 0 Å². The lowest BCUT2D eigenvalue weighted by molar-refractivity contribution is 0.883. The third kappa shape index (κ3) is 2.29. The molecule has 0 aliphatic carbocycles. The van der Waals surface area contributed by atoms with Gasteiger partial charge < -0.3 is 5.73 Å². The molecule has 0 unspecified atom stereocenters. The van der Waals surface area contributed by atoms with E-state index in [-0.39, 0.29) is 0 Å². The second-order valence-corrected chi connectivity index (χ2v) is 7.21. The summed E-state index contributed by atoms with van der Waals surface area (Å²) in [7, 11) is 0. The monoisotopic (exact) mass is 356 g/mol. The second-order valence-electron chi connectivity index (χ2n) is 6.17. The molecule has 2 aromatic carbocycles. The van der Waals surface area contributed by atoms with E-state index in [1.807, 2.05) is 53.4 Å². The molecule has 2 aliphatic rings. The number of anilines is 1. The number of para-hydroxylation sites is 1.